The van der Waals surface area contributed by atoms with E-state index >= 15 is 0 Å². The molecule has 1 aromatic heterocycles. The first-order valence-corrected chi connectivity index (χ1v) is 9.36. The largest absolute Gasteiger partial charge is 0.508 e. The average molecular weight is 368 g/mol. The third-order valence-corrected chi connectivity index (χ3v) is 5.48. The summed E-state index contributed by atoms with van der Waals surface area (Å²) in [5.74, 6) is 0.447. The van der Waals surface area contributed by atoms with Gasteiger partial charge in [0, 0.05) is 25.0 Å². The molecule has 0 saturated carbocycles. The Balaban J connectivity index is 1.27. The minimum atomic E-state index is -0.235. The Kier molecular flexibility index (Phi) is 5.09. The number of rotatable bonds is 6. The summed E-state index contributed by atoms with van der Waals surface area (Å²) < 4.78 is 11.8. The van der Waals surface area contributed by atoms with E-state index in [1.54, 1.807) is 29.3 Å². The van der Waals surface area contributed by atoms with Crippen molar-refractivity contribution in [1.82, 2.24) is 9.88 Å². The SMILES string of the molecule is O=C(c1cccc(O)c1)N1CC2(C1)OCC[C@H]2CCOCc1ccccn1. The molecule has 1 atom stereocenters. The molecule has 6 nitrogen and oxygen atoms in total. The Hall–Kier alpha value is -2.44. The molecule has 0 radical (unpaired) electrons. The number of amides is 1. The van der Waals surface area contributed by atoms with Gasteiger partial charge in [-0.05, 0) is 49.1 Å². The van der Waals surface area contributed by atoms with E-state index in [4.69, 9.17) is 9.47 Å². The first kappa shape index (κ1) is 17.9. The summed E-state index contributed by atoms with van der Waals surface area (Å²) in [6.07, 6.45) is 3.69. The molecule has 2 aliphatic heterocycles. The zero-order chi connectivity index (χ0) is 18.7. The smallest absolute Gasteiger partial charge is 0.254 e. The van der Waals surface area contributed by atoms with E-state index < -0.39 is 0 Å². The van der Waals surface area contributed by atoms with Crippen LogP contribution in [0.2, 0.25) is 0 Å². The van der Waals surface area contributed by atoms with Gasteiger partial charge in [-0.3, -0.25) is 9.78 Å². The number of ether oxygens (including phenoxy) is 2. The third kappa shape index (κ3) is 3.82. The number of hydrogen-bond acceptors (Lipinski definition) is 5. The van der Waals surface area contributed by atoms with Crippen LogP contribution in [0, 0.1) is 5.92 Å². The molecule has 0 aliphatic carbocycles. The minimum absolute atomic E-state index is 0.0582. The van der Waals surface area contributed by atoms with Crippen molar-refractivity contribution in [3.63, 3.8) is 0 Å². The molecule has 0 bridgehead atoms. The van der Waals surface area contributed by atoms with E-state index in [1.807, 2.05) is 18.2 Å². The Bertz CT molecular complexity index is 790. The van der Waals surface area contributed by atoms with Crippen LogP contribution in [0.4, 0.5) is 0 Å². The number of aromatic hydroxyl groups is 1. The monoisotopic (exact) mass is 368 g/mol. The average Bonchev–Trinajstić information content (AvgIpc) is 3.08. The Morgan fingerprint density at radius 2 is 2.19 bits per heavy atom. The molecule has 27 heavy (non-hydrogen) atoms. The molecule has 2 aliphatic rings. The first-order valence-electron chi connectivity index (χ1n) is 9.36. The number of nitrogens with zero attached hydrogens (tertiary/aromatic N) is 2. The van der Waals surface area contributed by atoms with E-state index in [9.17, 15) is 9.90 Å². The second-order valence-corrected chi connectivity index (χ2v) is 7.27. The zero-order valence-electron chi connectivity index (χ0n) is 15.2. The summed E-state index contributed by atoms with van der Waals surface area (Å²) in [6, 6.07) is 12.3. The molecule has 4 rings (SSSR count). The maximum absolute atomic E-state index is 12.6. The van der Waals surface area contributed by atoms with Crippen molar-refractivity contribution in [2.75, 3.05) is 26.3 Å². The molecule has 3 heterocycles. The number of hydrogen-bond donors (Lipinski definition) is 1. The number of phenolic OH excluding ortho intramolecular Hbond substituents is 1. The van der Waals surface area contributed by atoms with Gasteiger partial charge < -0.3 is 19.5 Å². The molecule has 0 unspecified atom stereocenters. The van der Waals surface area contributed by atoms with Crippen LogP contribution >= 0.6 is 0 Å². The maximum Gasteiger partial charge on any atom is 0.254 e. The lowest BCUT2D eigenvalue weighted by Gasteiger charge is -2.50. The fourth-order valence-electron chi connectivity index (χ4n) is 3.99. The van der Waals surface area contributed by atoms with Crippen LogP contribution in [-0.4, -0.2) is 52.8 Å². The van der Waals surface area contributed by atoms with Crippen LogP contribution in [0.25, 0.3) is 0 Å². The van der Waals surface area contributed by atoms with Crippen molar-refractivity contribution in [3.8, 4) is 5.75 Å². The highest BCUT2D eigenvalue weighted by atomic mass is 16.5. The predicted molar refractivity (Wildman–Crippen MR) is 99.3 cm³/mol. The second-order valence-electron chi connectivity index (χ2n) is 7.27. The predicted octanol–water partition coefficient (Wildman–Crippen LogP) is 2.63. The summed E-state index contributed by atoms with van der Waals surface area (Å²) in [5, 5.41) is 9.57. The number of carbonyl (C=O) groups is 1. The van der Waals surface area contributed by atoms with Crippen molar-refractivity contribution in [2.24, 2.45) is 5.92 Å². The van der Waals surface area contributed by atoms with Crippen LogP contribution in [0.15, 0.2) is 48.7 Å². The second kappa shape index (κ2) is 7.66. The van der Waals surface area contributed by atoms with Crippen molar-refractivity contribution in [3.05, 3.63) is 59.9 Å². The highest BCUT2D eigenvalue weighted by molar-refractivity contribution is 5.95. The number of likely N-dealkylation sites (tertiary alicyclic amines) is 1. The molecular weight excluding hydrogens is 344 g/mol. The lowest BCUT2D eigenvalue weighted by atomic mass is 9.79. The summed E-state index contributed by atoms with van der Waals surface area (Å²) in [6.45, 7) is 3.12. The maximum atomic E-state index is 12.6. The van der Waals surface area contributed by atoms with Crippen molar-refractivity contribution < 1.29 is 19.4 Å². The molecule has 2 saturated heterocycles. The Labute approximate surface area is 158 Å². The van der Waals surface area contributed by atoms with Crippen LogP contribution in [0.1, 0.15) is 28.9 Å². The van der Waals surface area contributed by atoms with Gasteiger partial charge in [-0.2, -0.15) is 0 Å². The lowest BCUT2D eigenvalue weighted by Crippen LogP contribution is -2.66. The standard InChI is InChI=1S/C21H24N2O4/c24-19-6-3-4-16(12-19)20(25)23-14-21(15-23)17(8-11-27-21)7-10-26-13-18-5-1-2-9-22-18/h1-6,9,12,17,24H,7-8,10-11,13-15H2/t17-/m1/s1. The normalized spacial score (nSPS) is 20.6. The quantitative estimate of drug-likeness (QED) is 0.794. The molecule has 2 fully saturated rings. The molecule has 2 aromatic rings. The molecule has 1 amide bonds. The van der Waals surface area contributed by atoms with Gasteiger partial charge in [-0.1, -0.05) is 12.1 Å². The topological polar surface area (TPSA) is 71.9 Å². The van der Waals surface area contributed by atoms with E-state index in [-0.39, 0.29) is 17.3 Å². The van der Waals surface area contributed by atoms with Gasteiger partial charge in [0.05, 0.1) is 25.4 Å². The van der Waals surface area contributed by atoms with Crippen molar-refractivity contribution >= 4 is 5.91 Å². The highest BCUT2D eigenvalue weighted by Crippen LogP contribution is 2.42. The van der Waals surface area contributed by atoms with Crippen molar-refractivity contribution in [2.45, 2.75) is 25.0 Å². The van der Waals surface area contributed by atoms with E-state index in [2.05, 4.69) is 4.98 Å². The third-order valence-electron chi connectivity index (χ3n) is 5.48. The number of pyridine rings is 1. The minimum Gasteiger partial charge on any atom is -0.508 e. The van der Waals surface area contributed by atoms with Gasteiger partial charge in [0.25, 0.3) is 5.91 Å². The van der Waals surface area contributed by atoms with Gasteiger partial charge in [0.2, 0.25) is 0 Å². The first-order chi connectivity index (χ1) is 13.2. The Morgan fingerprint density at radius 3 is 2.96 bits per heavy atom. The van der Waals surface area contributed by atoms with Crippen molar-refractivity contribution in [1.29, 1.82) is 0 Å². The number of benzene rings is 1. The van der Waals surface area contributed by atoms with Crippen LogP contribution in [0.3, 0.4) is 0 Å². The number of aromatic nitrogens is 1. The summed E-state index contributed by atoms with van der Waals surface area (Å²) in [7, 11) is 0. The van der Waals surface area contributed by atoms with Crippen LogP contribution in [-0.2, 0) is 16.1 Å². The molecular formula is C21H24N2O4. The van der Waals surface area contributed by atoms with Gasteiger partial charge in [0.1, 0.15) is 11.4 Å². The van der Waals surface area contributed by atoms with Gasteiger partial charge in [-0.15, -0.1) is 0 Å². The van der Waals surface area contributed by atoms with Crippen LogP contribution in [0.5, 0.6) is 5.75 Å². The van der Waals surface area contributed by atoms with E-state index in [0.29, 0.717) is 37.8 Å². The molecule has 1 spiro atoms. The lowest BCUT2D eigenvalue weighted by molar-refractivity contribution is -0.120. The number of carbonyl (C=O) groups excluding carboxylic acids is 1. The van der Waals surface area contributed by atoms with Crippen LogP contribution < -0.4 is 0 Å². The van der Waals surface area contributed by atoms with Gasteiger partial charge in [0.15, 0.2) is 0 Å². The summed E-state index contributed by atoms with van der Waals surface area (Å²) in [4.78, 5) is 18.6. The zero-order valence-corrected chi connectivity index (χ0v) is 15.2. The fourth-order valence-corrected chi connectivity index (χ4v) is 3.99. The Morgan fingerprint density at radius 1 is 1.30 bits per heavy atom. The van der Waals surface area contributed by atoms with E-state index in [0.717, 1.165) is 25.1 Å². The summed E-state index contributed by atoms with van der Waals surface area (Å²) in [5.41, 5.74) is 1.21. The summed E-state index contributed by atoms with van der Waals surface area (Å²) >= 11 is 0. The van der Waals surface area contributed by atoms with Gasteiger partial charge in [-0.25, -0.2) is 0 Å². The number of phenols is 1. The molecule has 1 aromatic carbocycles. The fraction of sp³-hybridized carbons (Fsp3) is 0.429. The van der Waals surface area contributed by atoms with E-state index in [1.165, 1.54) is 6.07 Å². The molecule has 142 valence electrons. The highest BCUT2D eigenvalue weighted by Gasteiger charge is 2.54. The molecule has 6 heteroatoms. The molecule has 1 N–H and O–H groups in total. The van der Waals surface area contributed by atoms with Gasteiger partial charge >= 0.3 is 0 Å².